The van der Waals surface area contributed by atoms with Crippen LogP contribution in [0.1, 0.15) is 5.69 Å². The Morgan fingerprint density at radius 3 is 2.63 bits per heavy atom. The molecule has 1 heterocycles. The highest BCUT2D eigenvalue weighted by molar-refractivity contribution is 9.10. The Morgan fingerprint density at radius 1 is 1.05 bits per heavy atom. The quantitative estimate of drug-likeness (QED) is 0.677. The first-order valence-corrected chi connectivity index (χ1v) is 7.14. The van der Waals surface area contributed by atoms with Gasteiger partial charge in [-0.1, -0.05) is 33.6 Å². The number of benzene rings is 2. The Hall–Kier alpha value is -1.45. The molecule has 0 amide bonds. The second-order valence-corrected chi connectivity index (χ2v) is 5.74. The maximum absolute atomic E-state index is 5.86. The van der Waals surface area contributed by atoms with Crippen molar-refractivity contribution in [3.05, 3.63) is 63.7 Å². The lowest BCUT2D eigenvalue weighted by Crippen LogP contribution is -1.98. The van der Waals surface area contributed by atoms with E-state index in [0.717, 1.165) is 32.9 Å². The first-order valence-electron chi connectivity index (χ1n) is 5.97. The molecule has 0 aliphatic carbocycles. The van der Waals surface area contributed by atoms with Gasteiger partial charge in [0.05, 0.1) is 6.54 Å². The van der Waals surface area contributed by atoms with E-state index >= 15 is 0 Å². The van der Waals surface area contributed by atoms with Crippen molar-refractivity contribution in [3.8, 4) is 0 Å². The fourth-order valence-electron chi connectivity index (χ4n) is 2.02. The molecule has 4 heteroatoms. The maximum Gasteiger partial charge on any atom is 0.0551 e. The van der Waals surface area contributed by atoms with E-state index in [0.29, 0.717) is 0 Å². The molecule has 0 aliphatic rings. The number of H-pyrrole nitrogens is 1. The Bertz CT molecular complexity index is 704. The van der Waals surface area contributed by atoms with Crippen molar-refractivity contribution >= 4 is 44.1 Å². The summed E-state index contributed by atoms with van der Waals surface area (Å²) in [7, 11) is 0. The smallest absolute Gasteiger partial charge is 0.0551 e. The summed E-state index contributed by atoms with van der Waals surface area (Å²) in [5.74, 6) is 0. The molecular formula is C15H12BrClN2. The molecule has 19 heavy (non-hydrogen) atoms. The van der Waals surface area contributed by atoms with E-state index in [9.17, 15) is 0 Å². The van der Waals surface area contributed by atoms with Crippen LogP contribution >= 0.6 is 27.5 Å². The molecule has 0 fully saturated rings. The number of hydrogen-bond donors (Lipinski definition) is 2. The number of fused-ring (bicyclic) bond motifs is 1. The SMILES string of the molecule is Clc1ccc(NCc2cc3ccc(Br)cc3[nH]2)cc1. The van der Waals surface area contributed by atoms with Crippen LogP contribution in [-0.2, 0) is 6.54 Å². The predicted octanol–water partition coefficient (Wildman–Crippen LogP) is 5.20. The van der Waals surface area contributed by atoms with E-state index in [2.05, 4.69) is 44.4 Å². The fourth-order valence-corrected chi connectivity index (χ4v) is 2.51. The summed E-state index contributed by atoms with van der Waals surface area (Å²) in [6, 6.07) is 16.1. The molecule has 0 saturated heterocycles. The van der Waals surface area contributed by atoms with Crippen LogP contribution < -0.4 is 5.32 Å². The van der Waals surface area contributed by atoms with Gasteiger partial charge in [0.15, 0.2) is 0 Å². The molecule has 0 bridgehead atoms. The summed E-state index contributed by atoms with van der Waals surface area (Å²) in [5.41, 5.74) is 3.36. The highest BCUT2D eigenvalue weighted by atomic mass is 79.9. The van der Waals surface area contributed by atoms with E-state index in [1.807, 2.05) is 30.3 Å². The topological polar surface area (TPSA) is 27.8 Å². The van der Waals surface area contributed by atoms with E-state index in [1.54, 1.807) is 0 Å². The third-order valence-electron chi connectivity index (χ3n) is 2.97. The van der Waals surface area contributed by atoms with Crippen molar-refractivity contribution in [2.75, 3.05) is 5.32 Å². The van der Waals surface area contributed by atoms with E-state index < -0.39 is 0 Å². The molecule has 2 N–H and O–H groups in total. The van der Waals surface area contributed by atoms with Crippen molar-refractivity contribution in [2.24, 2.45) is 0 Å². The highest BCUT2D eigenvalue weighted by Crippen LogP contribution is 2.21. The van der Waals surface area contributed by atoms with Gasteiger partial charge in [-0.3, -0.25) is 0 Å². The summed E-state index contributed by atoms with van der Waals surface area (Å²) >= 11 is 9.33. The molecule has 0 atom stereocenters. The molecule has 0 radical (unpaired) electrons. The molecule has 0 saturated carbocycles. The zero-order valence-corrected chi connectivity index (χ0v) is 12.4. The lowest BCUT2D eigenvalue weighted by atomic mass is 10.2. The zero-order valence-electron chi connectivity index (χ0n) is 10.1. The number of halogens is 2. The van der Waals surface area contributed by atoms with Gasteiger partial charge >= 0.3 is 0 Å². The molecule has 2 aromatic carbocycles. The lowest BCUT2D eigenvalue weighted by Gasteiger charge is -2.04. The van der Waals surface area contributed by atoms with Crippen LogP contribution in [0.5, 0.6) is 0 Å². The van der Waals surface area contributed by atoms with Gasteiger partial charge in [0, 0.05) is 26.4 Å². The minimum absolute atomic E-state index is 0.751. The summed E-state index contributed by atoms with van der Waals surface area (Å²) in [4.78, 5) is 3.40. The van der Waals surface area contributed by atoms with Crippen molar-refractivity contribution in [3.63, 3.8) is 0 Å². The van der Waals surface area contributed by atoms with E-state index in [1.165, 1.54) is 5.39 Å². The molecule has 0 aliphatic heterocycles. The van der Waals surface area contributed by atoms with Crippen LogP contribution in [0, 0.1) is 0 Å². The summed E-state index contributed by atoms with van der Waals surface area (Å²) < 4.78 is 1.08. The number of anilines is 1. The zero-order chi connectivity index (χ0) is 13.2. The molecular weight excluding hydrogens is 324 g/mol. The van der Waals surface area contributed by atoms with Gasteiger partial charge in [0.25, 0.3) is 0 Å². The van der Waals surface area contributed by atoms with Gasteiger partial charge in [0.2, 0.25) is 0 Å². The molecule has 1 aromatic heterocycles. The van der Waals surface area contributed by atoms with Gasteiger partial charge in [-0.05, 0) is 47.9 Å². The summed E-state index contributed by atoms with van der Waals surface area (Å²) in [6.45, 7) is 0.758. The Balaban J connectivity index is 1.76. The first-order chi connectivity index (χ1) is 9.20. The fraction of sp³-hybridized carbons (Fsp3) is 0.0667. The minimum atomic E-state index is 0.751. The Morgan fingerprint density at radius 2 is 1.84 bits per heavy atom. The van der Waals surface area contributed by atoms with Crippen LogP contribution in [0.15, 0.2) is 53.0 Å². The standard InChI is InChI=1S/C15H12BrClN2/c16-11-2-1-10-7-14(19-15(10)8-11)9-18-13-5-3-12(17)4-6-13/h1-8,18-19H,9H2. The van der Waals surface area contributed by atoms with E-state index in [4.69, 9.17) is 11.6 Å². The molecule has 3 rings (SSSR count). The second kappa shape index (κ2) is 5.27. The number of aromatic nitrogens is 1. The molecule has 0 unspecified atom stereocenters. The maximum atomic E-state index is 5.86. The van der Waals surface area contributed by atoms with Crippen molar-refractivity contribution in [2.45, 2.75) is 6.54 Å². The average Bonchev–Trinajstić information content (AvgIpc) is 2.80. The molecule has 2 nitrogen and oxygen atoms in total. The van der Waals surface area contributed by atoms with Gasteiger partial charge in [-0.2, -0.15) is 0 Å². The number of hydrogen-bond acceptors (Lipinski definition) is 1. The van der Waals surface area contributed by atoms with Crippen molar-refractivity contribution in [1.82, 2.24) is 4.98 Å². The van der Waals surface area contributed by atoms with Crippen LogP contribution in [0.25, 0.3) is 10.9 Å². The molecule has 0 spiro atoms. The van der Waals surface area contributed by atoms with Gasteiger partial charge in [0.1, 0.15) is 0 Å². The van der Waals surface area contributed by atoms with Crippen molar-refractivity contribution in [1.29, 1.82) is 0 Å². The second-order valence-electron chi connectivity index (χ2n) is 4.39. The minimum Gasteiger partial charge on any atom is -0.379 e. The highest BCUT2D eigenvalue weighted by Gasteiger charge is 2.01. The third kappa shape index (κ3) is 2.94. The number of aromatic amines is 1. The van der Waals surface area contributed by atoms with Gasteiger partial charge in [-0.15, -0.1) is 0 Å². The molecule has 96 valence electrons. The third-order valence-corrected chi connectivity index (χ3v) is 3.71. The Kier molecular flexibility index (Phi) is 3.49. The predicted molar refractivity (Wildman–Crippen MR) is 84.8 cm³/mol. The van der Waals surface area contributed by atoms with Gasteiger partial charge in [-0.25, -0.2) is 0 Å². The average molecular weight is 336 g/mol. The monoisotopic (exact) mass is 334 g/mol. The summed E-state index contributed by atoms with van der Waals surface area (Å²) in [6.07, 6.45) is 0. The van der Waals surface area contributed by atoms with E-state index in [-0.39, 0.29) is 0 Å². The normalized spacial score (nSPS) is 10.8. The van der Waals surface area contributed by atoms with Crippen LogP contribution in [0.2, 0.25) is 5.02 Å². The van der Waals surface area contributed by atoms with Crippen LogP contribution in [0.4, 0.5) is 5.69 Å². The van der Waals surface area contributed by atoms with Crippen LogP contribution in [-0.4, -0.2) is 4.98 Å². The van der Waals surface area contributed by atoms with Gasteiger partial charge < -0.3 is 10.3 Å². The first kappa shape index (κ1) is 12.6. The largest absolute Gasteiger partial charge is 0.379 e. The summed E-state index contributed by atoms with van der Waals surface area (Å²) in [5, 5.41) is 5.33. The van der Waals surface area contributed by atoms with Crippen LogP contribution in [0.3, 0.4) is 0 Å². The van der Waals surface area contributed by atoms with Crippen molar-refractivity contribution < 1.29 is 0 Å². The number of rotatable bonds is 3. The number of nitrogens with one attached hydrogen (secondary N) is 2. The Labute approximate surface area is 124 Å². The lowest BCUT2D eigenvalue weighted by molar-refractivity contribution is 1.09. The molecule has 3 aromatic rings.